The molecule has 0 aliphatic rings. The van der Waals surface area contributed by atoms with Crippen molar-refractivity contribution in [1.29, 1.82) is 0 Å². The van der Waals surface area contributed by atoms with Crippen molar-refractivity contribution in [3.63, 3.8) is 0 Å². The molecule has 5 heteroatoms. The molecule has 3 N–H and O–H groups in total. The molecule has 0 aromatic heterocycles. The highest BCUT2D eigenvalue weighted by Gasteiger charge is 2.02. The highest BCUT2D eigenvalue weighted by atomic mass is 79.9. The van der Waals surface area contributed by atoms with Gasteiger partial charge in [0.2, 0.25) is 5.91 Å². The largest absolute Gasteiger partial charge is 0.356 e. The van der Waals surface area contributed by atoms with Gasteiger partial charge in [-0.05, 0) is 37.5 Å². The number of rotatable bonds is 6. The van der Waals surface area contributed by atoms with Crippen molar-refractivity contribution in [1.82, 2.24) is 5.32 Å². The molecule has 3 nitrogen and oxygen atoms in total. The van der Waals surface area contributed by atoms with Crippen LogP contribution in [0.4, 0.5) is 0 Å². The summed E-state index contributed by atoms with van der Waals surface area (Å²) < 4.78 is 1.05. The number of carbonyl (C=O) groups excluding carboxylic acids is 1. The number of hydrogen-bond donors (Lipinski definition) is 2. The first-order chi connectivity index (χ1) is 8.08. The van der Waals surface area contributed by atoms with E-state index < -0.39 is 0 Å². The Morgan fingerprint density at radius 2 is 2.22 bits per heavy atom. The Kier molecular flexibility index (Phi) is 9.06. The zero-order valence-electron chi connectivity index (χ0n) is 10.5. The Balaban J connectivity index is 0.00000289. The van der Waals surface area contributed by atoms with E-state index in [1.165, 1.54) is 5.56 Å². The molecular formula is C13H20BrClN2O. The maximum atomic E-state index is 11.5. The van der Waals surface area contributed by atoms with E-state index in [9.17, 15) is 4.79 Å². The van der Waals surface area contributed by atoms with Gasteiger partial charge in [-0.2, -0.15) is 0 Å². The molecule has 0 bridgehead atoms. The number of aryl methyl sites for hydroxylation is 1. The van der Waals surface area contributed by atoms with Crippen LogP contribution in [-0.4, -0.2) is 18.5 Å². The molecule has 18 heavy (non-hydrogen) atoms. The van der Waals surface area contributed by atoms with Gasteiger partial charge in [0, 0.05) is 23.5 Å². The summed E-state index contributed by atoms with van der Waals surface area (Å²) in [6, 6.07) is 8.16. The SMILES string of the molecule is CC(N)CCNC(=O)CCc1cccc(Br)c1.Cl. The fourth-order valence-electron chi connectivity index (χ4n) is 1.48. The number of benzene rings is 1. The average Bonchev–Trinajstić information content (AvgIpc) is 2.26. The monoisotopic (exact) mass is 334 g/mol. The van der Waals surface area contributed by atoms with Gasteiger partial charge < -0.3 is 11.1 Å². The first-order valence-electron chi connectivity index (χ1n) is 5.84. The highest BCUT2D eigenvalue weighted by molar-refractivity contribution is 9.10. The van der Waals surface area contributed by atoms with Crippen LogP contribution in [0.25, 0.3) is 0 Å². The molecule has 0 aliphatic carbocycles. The number of nitrogens with two attached hydrogens (primary N) is 1. The zero-order chi connectivity index (χ0) is 12.7. The van der Waals surface area contributed by atoms with Gasteiger partial charge in [-0.3, -0.25) is 4.79 Å². The molecule has 1 rings (SSSR count). The Morgan fingerprint density at radius 3 is 2.83 bits per heavy atom. The van der Waals surface area contributed by atoms with E-state index in [0.717, 1.165) is 17.3 Å². The van der Waals surface area contributed by atoms with Gasteiger partial charge in [0.25, 0.3) is 0 Å². The van der Waals surface area contributed by atoms with E-state index >= 15 is 0 Å². The summed E-state index contributed by atoms with van der Waals surface area (Å²) in [4.78, 5) is 11.5. The van der Waals surface area contributed by atoms with Crippen LogP contribution < -0.4 is 11.1 Å². The summed E-state index contributed by atoms with van der Waals surface area (Å²) in [6.45, 7) is 2.60. The second-order valence-electron chi connectivity index (χ2n) is 4.25. The van der Waals surface area contributed by atoms with E-state index in [1.807, 2.05) is 31.2 Å². The van der Waals surface area contributed by atoms with Crippen LogP contribution in [-0.2, 0) is 11.2 Å². The second kappa shape index (κ2) is 9.36. The van der Waals surface area contributed by atoms with Crippen molar-refractivity contribution in [3.8, 4) is 0 Å². The van der Waals surface area contributed by atoms with Crippen molar-refractivity contribution in [2.45, 2.75) is 32.2 Å². The molecule has 0 aliphatic heterocycles. The quantitative estimate of drug-likeness (QED) is 0.840. The third-order valence-corrected chi connectivity index (χ3v) is 2.94. The van der Waals surface area contributed by atoms with Crippen molar-refractivity contribution < 1.29 is 4.79 Å². The number of carbonyl (C=O) groups is 1. The minimum absolute atomic E-state index is 0. The molecule has 1 unspecified atom stereocenters. The third-order valence-electron chi connectivity index (χ3n) is 2.45. The predicted molar refractivity (Wildman–Crippen MR) is 81.0 cm³/mol. The minimum atomic E-state index is 0. The Morgan fingerprint density at radius 1 is 1.50 bits per heavy atom. The molecule has 1 aromatic carbocycles. The van der Waals surface area contributed by atoms with Crippen molar-refractivity contribution in [2.75, 3.05) is 6.54 Å². The van der Waals surface area contributed by atoms with Crippen LogP contribution >= 0.6 is 28.3 Å². The summed E-state index contributed by atoms with van der Waals surface area (Å²) in [7, 11) is 0. The molecule has 0 radical (unpaired) electrons. The first-order valence-corrected chi connectivity index (χ1v) is 6.64. The normalized spacial score (nSPS) is 11.5. The van der Waals surface area contributed by atoms with Gasteiger partial charge in [0.1, 0.15) is 0 Å². The van der Waals surface area contributed by atoms with Crippen LogP contribution in [0.2, 0.25) is 0 Å². The van der Waals surface area contributed by atoms with E-state index in [-0.39, 0.29) is 24.4 Å². The average molecular weight is 336 g/mol. The van der Waals surface area contributed by atoms with Crippen LogP contribution in [0.15, 0.2) is 28.7 Å². The molecule has 0 saturated carbocycles. The van der Waals surface area contributed by atoms with Crippen molar-refractivity contribution in [2.24, 2.45) is 5.73 Å². The third kappa shape index (κ3) is 7.69. The lowest BCUT2D eigenvalue weighted by atomic mass is 10.1. The van der Waals surface area contributed by atoms with Crippen LogP contribution in [0.5, 0.6) is 0 Å². The Hall–Kier alpha value is -0.580. The molecular weight excluding hydrogens is 316 g/mol. The van der Waals surface area contributed by atoms with Crippen LogP contribution in [0, 0.1) is 0 Å². The maximum Gasteiger partial charge on any atom is 0.220 e. The summed E-state index contributed by atoms with van der Waals surface area (Å²) >= 11 is 3.41. The Bertz CT molecular complexity index is 372. The highest BCUT2D eigenvalue weighted by Crippen LogP contribution is 2.12. The zero-order valence-corrected chi connectivity index (χ0v) is 12.9. The number of amides is 1. The summed E-state index contributed by atoms with van der Waals surface area (Å²) in [5.74, 6) is 0.0885. The molecule has 0 heterocycles. The molecule has 1 amide bonds. The first kappa shape index (κ1) is 17.4. The molecule has 1 atom stereocenters. The lowest BCUT2D eigenvalue weighted by Crippen LogP contribution is -2.29. The van der Waals surface area contributed by atoms with E-state index in [2.05, 4.69) is 21.2 Å². The van der Waals surface area contributed by atoms with Gasteiger partial charge in [0.15, 0.2) is 0 Å². The van der Waals surface area contributed by atoms with E-state index in [0.29, 0.717) is 13.0 Å². The topological polar surface area (TPSA) is 55.1 Å². The van der Waals surface area contributed by atoms with Crippen LogP contribution in [0.3, 0.4) is 0 Å². The predicted octanol–water partition coefficient (Wildman–Crippen LogP) is 2.66. The van der Waals surface area contributed by atoms with Gasteiger partial charge >= 0.3 is 0 Å². The van der Waals surface area contributed by atoms with E-state index in [4.69, 9.17) is 5.73 Å². The number of halogens is 2. The van der Waals surface area contributed by atoms with Crippen molar-refractivity contribution >= 4 is 34.2 Å². The molecule has 0 spiro atoms. The molecule has 1 aromatic rings. The summed E-state index contributed by atoms with van der Waals surface area (Å²) in [5.41, 5.74) is 6.77. The minimum Gasteiger partial charge on any atom is -0.356 e. The molecule has 102 valence electrons. The fraction of sp³-hybridized carbons (Fsp3) is 0.462. The lowest BCUT2D eigenvalue weighted by molar-refractivity contribution is -0.121. The van der Waals surface area contributed by atoms with Gasteiger partial charge in [0.05, 0.1) is 0 Å². The molecule has 0 saturated heterocycles. The van der Waals surface area contributed by atoms with Crippen LogP contribution in [0.1, 0.15) is 25.3 Å². The fourth-order valence-corrected chi connectivity index (χ4v) is 1.92. The number of nitrogens with one attached hydrogen (secondary N) is 1. The van der Waals surface area contributed by atoms with Gasteiger partial charge in [-0.25, -0.2) is 0 Å². The maximum absolute atomic E-state index is 11.5. The van der Waals surface area contributed by atoms with Gasteiger partial charge in [-0.15, -0.1) is 12.4 Å². The standard InChI is InChI=1S/C13H19BrN2O.ClH/c1-10(15)7-8-16-13(17)6-5-11-3-2-4-12(14)9-11;/h2-4,9-10H,5-8,15H2,1H3,(H,16,17);1H. The number of hydrogen-bond acceptors (Lipinski definition) is 2. The second-order valence-corrected chi connectivity index (χ2v) is 5.16. The summed E-state index contributed by atoms with van der Waals surface area (Å²) in [5, 5.41) is 2.87. The van der Waals surface area contributed by atoms with Crippen molar-refractivity contribution in [3.05, 3.63) is 34.3 Å². The molecule has 0 fully saturated rings. The smallest absolute Gasteiger partial charge is 0.220 e. The Labute approximate surface area is 123 Å². The van der Waals surface area contributed by atoms with Gasteiger partial charge in [-0.1, -0.05) is 28.1 Å². The summed E-state index contributed by atoms with van der Waals surface area (Å²) in [6.07, 6.45) is 2.11. The van der Waals surface area contributed by atoms with E-state index in [1.54, 1.807) is 0 Å². The lowest BCUT2D eigenvalue weighted by Gasteiger charge is -2.07.